The minimum atomic E-state index is -1.24. The number of nitrogens with zero attached hydrogens (tertiary/aromatic N) is 1. The van der Waals surface area contributed by atoms with Crippen LogP contribution in [0, 0.1) is 17.2 Å². The Morgan fingerprint density at radius 2 is 2.00 bits per heavy atom. The van der Waals surface area contributed by atoms with E-state index in [0.717, 1.165) is 31.9 Å². The minimum Gasteiger partial charge on any atom is -0.349 e. The molecule has 1 saturated carbocycles. The summed E-state index contributed by atoms with van der Waals surface area (Å²) >= 11 is 0. The zero-order valence-electron chi connectivity index (χ0n) is 11.2. The summed E-state index contributed by atoms with van der Waals surface area (Å²) in [6.45, 7) is 4.39. The monoisotopic (exact) mass is 268 g/mol. The maximum Gasteiger partial charge on any atom is 0.254 e. The average Bonchev–Trinajstić information content (AvgIpc) is 2.35. The third kappa shape index (κ3) is 3.28. The van der Waals surface area contributed by atoms with Crippen LogP contribution in [0.2, 0.25) is 0 Å². The van der Waals surface area contributed by atoms with Gasteiger partial charge in [0.05, 0.1) is 5.56 Å². The Bertz CT molecular complexity index is 478. The zero-order chi connectivity index (χ0) is 14.0. The molecule has 0 spiro atoms. The van der Waals surface area contributed by atoms with Gasteiger partial charge >= 0.3 is 0 Å². The first-order valence-corrected chi connectivity index (χ1v) is 6.50. The number of pyridine rings is 1. The third-order valence-electron chi connectivity index (χ3n) is 3.77. The summed E-state index contributed by atoms with van der Waals surface area (Å²) in [6.07, 6.45) is 4.87. The summed E-state index contributed by atoms with van der Waals surface area (Å²) in [5.74, 6) is -2.99. The van der Waals surface area contributed by atoms with Crippen LogP contribution in [-0.4, -0.2) is 16.9 Å². The molecule has 1 N–H and O–H groups in total. The van der Waals surface area contributed by atoms with Crippen LogP contribution in [0.3, 0.4) is 0 Å². The topological polar surface area (TPSA) is 42.0 Å². The van der Waals surface area contributed by atoms with Crippen molar-refractivity contribution in [3.05, 3.63) is 29.6 Å². The number of carbonyl (C=O) groups excluding carboxylic acids is 1. The maximum absolute atomic E-state index is 13.4. The van der Waals surface area contributed by atoms with E-state index in [2.05, 4.69) is 24.1 Å². The molecule has 0 bridgehead atoms. The quantitative estimate of drug-likeness (QED) is 0.838. The van der Waals surface area contributed by atoms with Gasteiger partial charge in [-0.2, -0.15) is 4.39 Å². The van der Waals surface area contributed by atoms with E-state index >= 15 is 0 Å². The maximum atomic E-state index is 13.4. The Hall–Kier alpha value is -1.52. The van der Waals surface area contributed by atoms with Gasteiger partial charge in [-0.1, -0.05) is 13.8 Å². The average molecular weight is 268 g/mol. The number of hydrogen-bond acceptors (Lipinski definition) is 2. The molecule has 2 rings (SSSR count). The van der Waals surface area contributed by atoms with Crippen LogP contribution in [0.1, 0.15) is 49.9 Å². The van der Waals surface area contributed by atoms with Crippen LogP contribution in [0.5, 0.6) is 0 Å². The van der Waals surface area contributed by atoms with Crippen LogP contribution in [0.15, 0.2) is 12.3 Å². The number of aromatic nitrogens is 1. The van der Waals surface area contributed by atoms with Gasteiger partial charge in [-0.25, -0.2) is 9.37 Å². The van der Waals surface area contributed by atoms with E-state index in [1.165, 1.54) is 6.07 Å². The molecule has 1 fully saturated rings. The molecule has 0 radical (unpaired) electrons. The lowest BCUT2D eigenvalue weighted by Crippen LogP contribution is -2.39. The number of hydrogen-bond donors (Lipinski definition) is 1. The van der Waals surface area contributed by atoms with Crippen molar-refractivity contribution in [2.45, 2.75) is 45.6 Å². The molecule has 0 unspecified atom stereocenters. The normalized spacial score (nSPS) is 19.2. The first kappa shape index (κ1) is 13.9. The van der Waals surface area contributed by atoms with Crippen molar-refractivity contribution in [2.24, 2.45) is 5.41 Å². The van der Waals surface area contributed by atoms with Crippen LogP contribution in [0.25, 0.3) is 0 Å². The molecule has 1 aromatic heterocycles. The van der Waals surface area contributed by atoms with Gasteiger partial charge in [-0.05, 0) is 37.2 Å². The Kier molecular flexibility index (Phi) is 3.83. The number of nitrogens with one attached hydrogen (secondary N) is 1. The van der Waals surface area contributed by atoms with E-state index in [4.69, 9.17) is 0 Å². The predicted molar refractivity (Wildman–Crippen MR) is 67.7 cm³/mol. The van der Waals surface area contributed by atoms with Gasteiger partial charge in [-0.3, -0.25) is 4.79 Å². The van der Waals surface area contributed by atoms with Crippen molar-refractivity contribution in [3.63, 3.8) is 0 Å². The first-order valence-electron chi connectivity index (χ1n) is 6.50. The SMILES string of the molecule is CC1(C)CCC(NC(=O)c2ccnc(F)c2F)CC1. The second-order valence-corrected chi connectivity index (χ2v) is 5.88. The summed E-state index contributed by atoms with van der Waals surface area (Å²) in [5, 5.41) is 2.77. The Morgan fingerprint density at radius 1 is 1.37 bits per heavy atom. The van der Waals surface area contributed by atoms with Crippen molar-refractivity contribution in [3.8, 4) is 0 Å². The van der Waals surface area contributed by atoms with E-state index in [1.54, 1.807) is 0 Å². The summed E-state index contributed by atoms with van der Waals surface area (Å²) in [4.78, 5) is 15.1. The smallest absolute Gasteiger partial charge is 0.254 e. The molecule has 1 aliphatic carbocycles. The predicted octanol–water partition coefficient (Wildman–Crippen LogP) is 3.06. The van der Waals surface area contributed by atoms with E-state index in [9.17, 15) is 13.6 Å². The van der Waals surface area contributed by atoms with E-state index in [-0.39, 0.29) is 11.6 Å². The van der Waals surface area contributed by atoms with Gasteiger partial charge in [0.25, 0.3) is 5.91 Å². The molecule has 104 valence electrons. The number of carbonyl (C=O) groups is 1. The zero-order valence-corrected chi connectivity index (χ0v) is 11.2. The number of halogens is 2. The molecule has 0 saturated heterocycles. The fourth-order valence-corrected chi connectivity index (χ4v) is 2.40. The molecule has 5 heteroatoms. The highest BCUT2D eigenvalue weighted by Crippen LogP contribution is 2.35. The molecule has 0 aliphatic heterocycles. The van der Waals surface area contributed by atoms with Crippen molar-refractivity contribution < 1.29 is 13.6 Å². The van der Waals surface area contributed by atoms with E-state index < -0.39 is 17.7 Å². The van der Waals surface area contributed by atoms with Crippen molar-refractivity contribution in [1.82, 2.24) is 10.3 Å². The minimum absolute atomic E-state index is 0.0381. The molecule has 1 amide bonds. The summed E-state index contributed by atoms with van der Waals surface area (Å²) in [5.41, 5.74) is 0.0206. The molecule has 3 nitrogen and oxygen atoms in total. The van der Waals surface area contributed by atoms with Crippen LogP contribution >= 0.6 is 0 Å². The molecule has 1 heterocycles. The summed E-state index contributed by atoms with van der Waals surface area (Å²) in [7, 11) is 0. The highest BCUT2D eigenvalue weighted by atomic mass is 19.2. The lowest BCUT2D eigenvalue weighted by atomic mass is 9.75. The van der Waals surface area contributed by atoms with Gasteiger partial charge in [0, 0.05) is 12.2 Å². The van der Waals surface area contributed by atoms with Gasteiger partial charge in [-0.15, -0.1) is 0 Å². The van der Waals surface area contributed by atoms with Crippen LogP contribution in [0.4, 0.5) is 8.78 Å². The van der Waals surface area contributed by atoms with Crippen molar-refractivity contribution >= 4 is 5.91 Å². The van der Waals surface area contributed by atoms with Gasteiger partial charge in [0.2, 0.25) is 5.95 Å². The van der Waals surface area contributed by atoms with Gasteiger partial charge < -0.3 is 5.32 Å². The highest BCUT2D eigenvalue weighted by Gasteiger charge is 2.28. The standard InChI is InChI=1S/C14H18F2N2O/c1-14(2)6-3-9(4-7-14)18-13(19)10-5-8-17-12(16)11(10)15/h5,8-9H,3-4,6-7H2,1-2H3,(H,18,19). The highest BCUT2D eigenvalue weighted by molar-refractivity contribution is 5.94. The van der Waals surface area contributed by atoms with Crippen LogP contribution < -0.4 is 5.32 Å². The third-order valence-corrected chi connectivity index (χ3v) is 3.77. The molecular weight excluding hydrogens is 250 g/mol. The number of rotatable bonds is 2. The fraction of sp³-hybridized carbons (Fsp3) is 0.571. The largest absolute Gasteiger partial charge is 0.349 e. The second kappa shape index (κ2) is 5.23. The lowest BCUT2D eigenvalue weighted by Gasteiger charge is -2.34. The Morgan fingerprint density at radius 3 is 2.63 bits per heavy atom. The van der Waals surface area contributed by atoms with Crippen molar-refractivity contribution in [1.29, 1.82) is 0 Å². The fourth-order valence-electron chi connectivity index (χ4n) is 2.40. The number of amides is 1. The lowest BCUT2D eigenvalue weighted by molar-refractivity contribution is 0.0903. The second-order valence-electron chi connectivity index (χ2n) is 5.88. The van der Waals surface area contributed by atoms with E-state index in [0.29, 0.717) is 5.41 Å². The molecule has 1 aromatic rings. The molecule has 1 aliphatic rings. The molecule has 0 aromatic carbocycles. The molecule has 0 atom stereocenters. The molecular formula is C14H18F2N2O. The Balaban J connectivity index is 2.00. The Labute approximate surface area is 111 Å². The first-order chi connectivity index (χ1) is 8.89. The van der Waals surface area contributed by atoms with Crippen LogP contribution in [-0.2, 0) is 0 Å². The summed E-state index contributed by atoms with van der Waals surface area (Å²) in [6, 6.07) is 1.23. The summed E-state index contributed by atoms with van der Waals surface area (Å²) < 4.78 is 26.4. The van der Waals surface area contributed by atoms with Gasteiger partial charge in [0.1, 0.15) is 0 Å². The van der Waals surface area contributed by atoms with E-state index in [1.807, 2.05) is 0 Å². The molecule has 19 heavy (non-hydrogen) atoms. The van der Waals surface area contributed by atoms with Crippen molar-refractivity contribution in [2.75, 3.05) is 0 Å². The van der Waals surface area contributed by atoms with Gasteiger partial charge in [0.15, 0.2) is 5.82 Å².